The van der Waals surface area contributed by atoms with E-state index >= 15 is 0 Å². The Kier molecular flexibility index (Phi) is 15.7. The molecule has 6 rings (SSSR count). The number of ether oxygens (including phenoxy) is 2. The number of nitrogens with one attached hydrogen (secondary N) is 4. The van der Waals surface area contributed by atoms with Crippen molar-refractivity contribution in [3.8, 4) is 10.4 Å². The summed E-state index contributed by atoms with van der Waals surface area (Å²) in [5.41, 5.74) is 4.83. The van der Waals surface area contributed by atoms with E-state index in [1.54, 1.807) is 17.5 Å². The van der Waals surface area contributed by atoms with Gasteiger partial charge in [0.25, 0.3) is 0 Å². The summed E-state index contributed by atoms with van der Waals surface area (Å²) < 4.78 is 13.3. The minimum Gasteiger partial charge on any atom is -0.393 e. The molecular formula is C45H63N7O6S. The molecule has 2 aliphatic carbocycles. The number of hydrogen-bond donors (Lipinski definition) is 5. The van der Waals surface area contributed by atoms with Crippen molar-refractivity contribution in [3.05, 3.63) is 70.9 Å². The van der Waals surface area contributed by atoms with Crippen LogP contribution in [0.5, 0.6) is 0 Å². The Hall–Kier alpha value is -4.21. The maximum atomic E-state index is 14.0. The third kappa shape index (κ3) is 12.2. The lowest BCUT2D eigenvalue weighted by Crippen LogP contribution is -2.51. The van der Waals surface area contributed by atoms with Crippen LogP contribution in [0.2, 0.25) is 0 Å². The van der Waals surface area contributed by atoms with Crippen LogP contribution in [0.1, 0.15) is 89.5 Å². The van der Waals surface area contributed by atoms with Gasteiger partial charge in [0.15, 0.2) is 11.4 Å². The van der Waals surface area contributed by atoms with Crippen LogP contribution in [0.25, 0.3) is 16.1 Å². The fourth-order valence-corrected chi connectivity index (χ4v) is 9.33. The topological polar surface area (TPSA) is 168 Å². The molecule has 2 aliphatic rings. The van der Waals surface area contributed by atoms with Crippen molar-refractivity contribution < 1.29 is 29.0 Å². The summed E-state index contributed by atoms with van der Waals surface area (Å²) in [5.74, 6) is -0.514. The van der Waals surface area contributed by atoms with Crippen molar-refractivity contribution in [2.75, 3.05) is 38.3 Å². The molecule has 0 radical (unpaired) electrons. The van der Waals surface area contributed by atoms with Crippen molar-refractivity contribution in [2.45, 2.75) is 117 Å². The highest BCUT2D eigenvalue weighted by Gasteiger charge is 2.46. The highest BCUT2D eigenvalue weighted by Crippen LogP contribution is 2.37. The van der Waals surface area contributed by atoms with Crippen LogP contribution < -0.4 is 21.3 Å². The molecule has 0 bridgehead atoms. The summed E-state index contributed by atoms with van der Waals surface area (Å²) >= 11 is 1.71. The molecular weight excluding hydrogens is 767 g/mol. The van der Waals surface area contributed by atoms with Gasteiger partial charge in [-0.05, 0) is 79.0 Å². The Morgan fingerprint density at radius 1 is 0.966 bits per heavy atom. The third-order valence-corrected chi connectivity index (χ3v) is 12.5. The van der Waals surface area contributed by atoms with Crippen LogP contribution in [0.3, 0.4) is 0 Å². The van der Waals surface area contributed by atoms with Crippen molar-refractivity contribution >= 4 is 40.4 Å². The monoisotopic (exact) mass is 829 g/mol. The van der Waals surface area contributed by atoms with E-state index in [1.807, 2.05) is 43.5 Å². The first-order valence-electron chi connectivity index (χ1n) is 21.3. The van der Waals surface area contributed by atoms with Gasteiger partial charge in [-0.15, -0.1) is 11.3 Å². The van der Waals surface area contributed by atoms with Crippen LogP contribution in [-0.2, 0) is 36.8 Å². The van der Waals surface area contributed by atoms with Gasteiger partial charge in [0, 0.05) is 60.2 Å². The second-order valence-electron chi connectivity index (χ2n) is 17.2. The SMILES string of the molecule is CCCc1cc(N[C@@H]2CC[C@@H](NC(=O)CCOCCOCCN[C@H](C(=O)C3C[C@H](O)C[C@H]3C(=O)NCc3ccc(-c4sccc4C)cc3)C(C)(C)C)C2)n2nccc2n1. The predicted molar refractivity (Wildman–Crippen MR) is 231 cm³/mol. The molecule has 0 aliphatic heterocycles. The number of aromatic nitrogens is 3. The number of aryl methyl sites for hydroxylation is 2. The summed E-state index contributed by atoms with van der Waals surface area (Å²) in [5, 5.41) is 30.3. The molecule has 2 saturated carbocycles. The quantitative estimate of drug-likeness (QED) is 0.0642. The first-order chi connectivity index (χ1) is 28.4. The lowest BCUT2D eigenvalue weighted by molar-refractivity contribution is -0.135. The molecule has 5 N–H and O–H groups in total. The number of carbonyl (C=O) groups is 3. The fraction of sp³-hybridized carbons (Fsp3) is 0.578. The maximum Gasteiger partial charge on any atom is 0.224 e. The van der Waals surface area contributed by atoms with Gasteiger partial charge in [-0.25, -0.2) is 4.98 Å². The maximum absolute atomic E-state index is 14.0. The Morgan fingerprint density at radius 2 is 1.71 bits per heavy atom. The standard InChI is InChI=1S/C45H63N7O6S/c1-6-7-32-25-39(52-38(49-32)14-17-48-52)50-33-12-13-34(24-33)51-40(54)15-19-57-21-22-58-20-18-46-43(45(3,4)5)41(55)36-26-35(53)27-37(36)44(56)47-28-30-8-10-31(11-9-30)42-29(2)16-23-59-42/h8-11,14,16-17,23,25,33-37,43,46,50,53H,6-7,12-13,15,18-22,24,26-28H2,1-5H3,(H,47,56)(H,51,54)/t33-,34-,35+,36?,37-,43-/m1/s1. The van der Waals surface area contributed by atoms with Gasteiger partial charge in [-0.2, -0.15) is 9.61 Å². The van der Waals surface area contributed by atoms with E-state index in [0.29, 0.717) is 39.5 Å². The summed E-state index contributed by atoms with van der Waals surface area (Å²) in [6, 6.07) is 14.1. The number of ketones is 1. The van der Waals surface area contributed by atoms with Crippen molar-refractivity contribution in [2.24, 2.45) is 17.3 Å². The number of anilines is 1. The number of rotatable bonds is 21. The fourth-order valence-electron chi connectivity index (χ4n) is 8.39. The van der Waals surface area contributed by atoms with Gasteiger partial charge < -0.3 is 35.8 Å². The summed E-state index contributed by atoms with van der Waals surface area (Å²) in [4.78, 5) is 46.0. The molecule has 3 aromatic heterocycles. The predicted octanol–water partition coefficient (Wildman–Crippen LogP) is 5.87. The van der Waals surface area contributed by atoms with E-state index in [0.717, 1.165) is 60.4 Å². The summed E-state index contributed by atoms with van der Waals surface area (Å²) in [6.45, 7) is 12.4. The van der Waals surface area contributed by atoms with E-state index in [2.05, 4.69) is 74.8 Å². The van der Waals surface area contributed by atoms with Gasteiger partial charge in [-0.1, -0.05) is 58.4 Å². The minimum atomic E-state index is -0.702. The van der Waals surface area contributed by atoms with Crippen LogP contribution >= 0.6 is 11.3 Å². The van der Waals surface area contributed by atoms with E-state index in [4.69, 9.17) is 9.47 Å². The van der Waals surface area contributed by atoms with Crippen LogP contribution in [-0.4, -0.2) is 94.5 Å². The molecule has 59 heavy (non-hydrogen) atoms. The summed E-state index contributed by atoms with van der Waals surface area (Å²) in [7, 11) is 0. The molecule has 0 saturated heterocycles. The van der Waals surface area contributed by atoms with E-state index in [1.165, 1.54) is 10.4 Å². The van der Waals surface area contributed by atoms with Gasteiger partial charge in [0.1, 0.15) is 5.82 Å². The number of hydrogen-bond acceptors (Lipinski definition) is 11. The number of aliphatic hydroxyl groups is 1. The zero-order chi connectivity index (χ0) is 41.9. The number of nitrogens with zero attached hydrogens (tertiary/aromatic N) is 3. The molecule has 1 unspecified atom stereocenters. The average molecular weight is 830 g/mol. The largest absolute Gasteiger partial charge is 0.393 e. The van der Waals surface area contributed by atoms with Crippen molar-refractivity contribution in [1.82, 2.24) is 30.5 Å². The molecule has 0 spiro atoms. The van der Waals surface area contributed by atoms with Crippen molar-refractivity contribution in [1.29, 1.82) is 0 Å². The Morgan fingerprint density at radius 3 is 2.44 bits per heavy atom. The minimum absolute atomic E-state index is 0.0217. The van der Waals surface area contributed by atoms with E-state index < -0.39 is 29.4 Å². The highest BCUT2D eigenvalue weighted by atomic mass is 32.1. The molecule has 6 atom stereocenters. The second-order valence-corrected chi connectivity index (χ2v) is 18.1. The molecule has 13 nitrogen and oxygen atoms in total. The molecule has 2 fully saturated rings. The smallest absolute Gasteiger partial charge is 0.224 e. The number of Topliss-reactive ketones (excluding diaryl/α,β-unsaturated/α-hetero) is 1. The number of benzene rings is 1. The van der Waals surface area contributed by atoms with Crippen LogP contribution in [0.15, 0.2) is 54.0 Å². The average Bonchev–Trinajstić information content (AvgIpc) is 4.03. The number of fused-ring (bicyclic) bond motifs is 1. The lowest BCUT2D eigenvalue weighted by atomic mass is 9.77. The number of aliphatic hydroxyl groups excluding tert-OH is 1. The normalized spacial score (nSPS) is 21.2. The summed E-state index contributed by atoms with van der Waals surface area (Å²) in [6.07, 6.45) is 6.53. The van der Waals surface area contributed by atoms with E-state index in [9.17, 15) is 19.5 Å². The lowest BCUT2D eigenvalue weighted by Gasteiger charge is -2.33. The van der Waals surface area contributed by atoms with Gasteiger partial charge >= 0.3 is 0 Å². The van der Waals surface area contributed by atoms with Crippen LogP contribution in [0.4, 0.5) is 5.82 Å². The van der Waals surface area contributed by atoms with Gasteiger partial charge in [-0.3, -0.25) is 14.4 Å². The Bertz CT molecular complexity index is 1990. The molecule has 320 valence electrons. The molecule has 14 heteroatoms. The molecule has 2 amide bonds. The number of thiophene rings is 1. The zero-order valence-corrected chi connectivity index (χ0v) is 36.1. The van der Waals surface area contributed by atoms with Crippen molar-refractivity contribution in [3.63, 3.8) is 0 Å². The molecule has 1 aromatic carbocycles. The zero-order valence-electron chi connectivity index (χ0n) is 35.3. The second kappa shape index (κ2) is 20.9. The molecule has 4 aromatic rings. The number of amides is 2. The Balaban J connectivity index is 0.855. The Labute approximate surface area is 352 Å². The van der Waals surface area contributed by atoms with Gasteiger partial charge in [0.05, 0.1) is 50.7 Å². The highest BCUT2D eigenvalue weighted by molar-refractivity contribution is 7.13. The first kappa shape index (κ1) is 44.3. The molecule has 3 heterocycles. The third-order valence-electron chi connectivity index (χ3n) is 11.4. The van der Waals surface area contributed by atoms with Gasteiger partial charge in [0.2, 0.25) is 11.8 Å². The van der Waals surface area contributed by atoms with Crippen LogP contribution in [0, 0.1) is 24.2 Å². The first-order valence-corrected chi connectivity index (χ1v) is 22.2. The van der Waals surface area contributed by atoms with E-state index in [-0.39, 0.29) is 48.9 Å². The number of carbonyl (C=O) groups excluding carboxylic acids is 3.